The number of aromatic nitrogens is 3. The highest BCUT2D eigenvalue weighted by molar-refractivity contribution is 5.99. The summed E-state index contributed by atoms with van der Waals surface area (Å²) in [5.74, 6) is 0.480. The number of nitrogens with one attached hydrogen (secondary N) is 1. The molecule has 2 aromatic heterocycles. The Morgan fingerprint density at radius 1 is 1.24 bits per heavy atom. The first kappa shape index (κ1) is 19.3. The van der Waals surface area contributed by atoms with Crippen molar-refractivity contribution in [2.45, 2.75) is 44.8 Å². The van der Waals surface area contributed by atoms with Crippen molar-refractivity contribution in [1.29, 1.82) is 0 Å². The van der Waals surface area contributed by atoms with Gasteiger partial charge in [-0.05, 0) is 44.2 Å². The SMILES string of the molecule is CO[C@H]1CC[C@H](N2CC(=O)Nc3ncc(-c4cnc(C(N)=O)cc4C)nc32)CC1. The third kappa shape index (κ3) is 3.77. The van der Waals surface area contributed by atoms with Crippen LogP contribution in [0.15, 0.2) is 18.5 Å². The summed E-state index contributed by atoms with van der Waals surface area (Å²) in [4.78, 5) is 39.0. The second-order valence-electron chi connectivity index (χ2n) is 7.52. The van der Waals surface area contributed by atoms with Crippen molar-refractivity contribution in [3.8, 4) is 11.3 Å². The Labute approximate surface area is 168 Å². The lowest BCUT2D eigenvalue weighted by Crippen LogP contribution is -2.47. The molecule has 9 heteroatoms. The van der Waals surface area contributed by atoms with Crippen molar-refractivity contribution in [3.63, 3.8) is 0 Å². The fourth-order valence-electron chi connectivity index (χ4n) is 4.05. The van der Waals surface area contributed by atoms with E-state index in [2.05, 4.69) is 20.2 Å². The molecule has 1 aliphatic carbocycles. The number of primary amides is 1. The number of rotatable bonds is 4. The van der Waals surface area contributed by atoms with E-state index >= 15 is 0 Å². The van der Waals surface area contributed by atoms with E-state index < -0.39 is 5.91 Å². The number of aryl methyl sites for hydroxylation is 1. The number of nitrogens with zero attached hydrogens (tertiary/aromatic N) is 4. The third-order valence-corrected chi connectivity index (χ3v) is 5.65. The maximum Gasteiger partial charge on any atom is 0.267 e. The molecular weight excluding hydrogens is 372 g/mol. The van der Waals surface area contributed by atoms with Crippen LogP contribution >= 0.6 is 0 Å². The third-order valence-electron chi connectivity index (χ3n) is 5.65. The molecule has 1 fully saturated rings. The van der Waals surface area contributed by atoms with Gasteiger partial charge in [-0.1, -0.05) is 0 Å². The zero-order chi connectivity index (χ0) is 20.5. The molecule has 3 heterocycles. The first-order valence-corrected chi connectivity index (χ1v) is 9.69. The van der Waals surface area contributed by atoms with Crippen LogP contribution in [0.4, 0.5) is 11.6 Å². The van der Waals surface area contributed by atoms with Crippen molar-refractivity contribution < 1.29 is 14.3 Å². The van der Waals surface area contributed by atoms with Crippen molar-refractivity contribution in [2.24, 2.45) is 5.73 Å². The van der Waals surface area contributed by atoms with Crippen LogP contribution in [0, 0.1) is 6.92 Å². The largest absolute Gasteiger partial charge is 0.381 e. The molecule has 9 nitrogen and oxygen atoms in total. The Balaban J connectivity index is 1.68. The first-order chi connectivity index (χ1) is 14.0. The second kappa shape index (κ2) is 7.75. The van der Waals surface area contributed by atoms with E-state index in [1.807, 2.05) is 6.92 Å². The highest BCUT2D eigenvalue weighted by Gasteiger charge is 2.33. The molecule has 4 rings (SSSR count). The van der Waals surface area contributed by atoms with Crippen molar-refractivity contribution in [2.75, 3.05) is 23.9 Å². The lowest BCUT2D eigenvalue weighted by atomic mass is 9.91. The van der Waals surface area contributed by atoms with Gasteiger partial charge in [0.05, 0.1) is 24.5 Å². The summed E-state index contributed by atoms with van der Waals surface area (Å²) in [5.41, 5.74) is 7.75. The standard InChI is InChI=1S/C20H24N6O3/c1-11-7-15(18(21)28)22-8-14(11)16-9-23-19-20(24-16)26(10-17(27)25-19)12-3-5-13(29-2)6-4-12/h7-9,12-13H,3-6,10H2,1-2H3,(H2,21,28)(H,23,25,27)/t12-,13-. The first-order valence-electron chi connectivity index (χ1n) is 9.69. The van der Waals surface area contributed by atoms with Gasteiger partial charge in [-0.25, -0.2) is 9.97 Å². The highest BCUT2D eigenvalue weighted by Crippen LogP contribution is 2.34. The molecule has 0 unspecified atom stereocenters. The van der Waals surface area contributed by atoms with E-state index in [0.717, 1.165) is 36.8 Å². The minimum absolute atomic E-state index is 0.0860. The number of pyridine rings is 1. The number of hydrogen-bond donors (Lipinski definition) is 2. The molecule has 0 aromatic carbocycles. The zero-order valence-corrected chi connectivity index (χ0v) is 16.5. The predicted molar refractivity (Wildman–Crippen MR) is 108 cm³/mol. The Bertz CT molecular complexity index is 955. The van der Waals surface area contributed by atoms with Gasteiger partial charge in [-0.2, -0.15) is 0 Å². The van der Waals surface area contributed by atoms with Crippen LogP contribution < -0.4 is 16.0 Å². The molecule has 0 spiro atoms. The number of amides is 2. The Hall–Kier alpha value is -3.07. The van der Waals surface area contributed by atoms with Crippen LogP contribution in [0.3, 0.4) is 0 Å². The molecule has 0 bridgehead atoms. The van der Waals surface area contributed by atoms with Gasteiger partial charge in [0.25, 0.3) is 5.91 Å². The zero-order valence-electron chi connectivity index (χ0n) is 16.5. The quantitative estimate of drug-likeness (QED) is 0.805. The number of anilines is 2. The van der Waals surface area contributed by atoms with Gasteiger partial charge in [-0.15, -0.1) is 0 Å². The summed E-state index contributed by atoms with van der Waals surface area (Å²) in [6, 6.07) is 1.86. The normalized spacial score (nSPS) is 21.4. The highest BCUT2D eigenvalue weighted by atomic mass is 16.5. The number of hydrogen-bond acceptors (Lipinski definition) is 7. The van der Waals surface area contributed by atoms with Crippen LogP contribution in [0.2, 0.25) is 0 Å². The van der Waals surface area contributed by atoms with E-state index in [9.17, 15) is 9.59 Å². The van der Waals surface area contributed by atoms with Gasteiger partial charge >= 0.3 is 0 Å². The number of ether oxygens (including phenoxy) is 1. The van der Waals surface area contributed by atoms with E-state index in [0.29, 0.717) is 17.3 Å². The fourth-order valence-corrected chi connectivity index (χ4v) is 4.05. The second-order valence-corrected chi connectivity index (χ2v) is 7.52. The van der Waals surface area contributed by atoms with E-state index in [-0.39, 0.29) is 30.3 Å². The molecule has 0 atom stereocenters. The summed E-state index contributed by atoms with van der Waals surface area (Å²) in [6.45, 7) is 2.13. The number of carbonyl (C=O) groups is 2. The molecule has 2 amide bonds. The average Bonchev–Trinajstić information content (AvgIpc) is 2.73. The van der Waals surface area contributed by atoms with Crippen LogP contribution in [0.25, 0.3) is 11.3 Å². The lowest BCUT2D eigenvalue weighted by Gasteiger charge is -2.39. The molecule has 0 radical (unpaired) electrons. The maximum absolute atomic E-state index is 12.2. The lowest BCUT2D eigenvalue weighted by molar-refractivity contribution is -0.115. The molecule has 2 aliphatic rings. The molecule has 1 aliphatic heterocycles. The number of fused-ring (bicyclic) bond motifs is 1. The van der Waals surface area contributed by atoms with Crippen LogP contribution in [0.5, 0.6) is 0 Å². The van der Waals surface area contributed by atoms with E-state index in [4.69, 9.17) is 15.5 Å². The fraction of sp³-hybridized carbons (Fsp3) is 0.450. The smallest absolute Gasteiger partial charge is 0.267 e. The Kier molecular flexibility index (Phi) is 5.14. The van der Waals surface area contributed by atoms with Crippen LogP contribution in [-0.4, -0.2) is 52.6 Å². The van der Waals surface area contributed by atoms with Crippen LogP contribution in [0.1, 0.15) is 41.7 Å². The summed E-state index contributed by atoms with van der Waals surface area (Å²) in [5, 5.41) is 2.81. The maximum atomic E-state index is 12.2. The summed E-state index contributed by atoms with van der Waals surface area (Å²) in [7, 11) is 1.74. The minimum atomic E-state index is -0.572. The minimum Gasteiger partial charge on any atom is -0.381 e. The van der Waals surface area contributed by atoms with Gasteiger partial charge in [0.15, 0.2) is 11.6 Å². The molecule has 152 valence electrons. The molecule has 2 aromatic rings. The summed E-state index contributed by atoms with van der Waals surface area (Å²) >= 11 is 0. The van der Waals surface area contributed by atoms with E-state index in [1.54, 1.807) is 25.6 Å². The van der Waals surface area contributed by atoms with Crippen molar-refractivity contribution in [1.82, 2.24) is 15.0 Å². The van der Waals surface area contributed by atoms with Gasteiger partial charge < -0.3 is 20.7 Å². The molecular formula is C20H24N6O3. The molecule has 3 N–H and O–H groups in total. The molecule has 1 saturated carbocycles. The molecule has 0 saturated heterocycles. The number of nitrogens with two attached hydrogens (primary N) is 1. The van der Waals surface area contributed by atoms with Crippen LogP contribution in [-0.2, 0) is 9.53 Å². The van der Waals surface area contributed by atoms with Crippen molar-refractivity contribution >= 4 is 23.5 Å². The Morgan fingerprint density at radius 2 is 2.00 bits per heavy atom. The predicted octanol–water partition coefficient (Wildman–Crippen LogP) is 1.66. The average molecular weight is 396 g/mol. The summed E-state index contributed by atoms with van der Waals surface area (Å²) in [6.07, 6.45) is 7.26. The molecule has 29 heavy (non-hydrogen) atoms. The van der Waals surface area contributed by atoms with Gasteiger partial charge in [0.2, 0.25) is 5.91 Å². The number of methoxy groups -OCH3 is 1. The van der Waals surface area contributed by atoms with E-state index in [1.165, 1.54) is 0 Å². The monoisotopic (exact) mass is 396 g/mol. The number of carbonyl (C=O) groups excluding carboxylic acids is 2. The topological polar surface area (TPSA) is 123 Å². The van der Waals surface area contributed by atoms with Gasteiger partial charge in [0.1, 0.15) is 5.69 Å². The van der Waals surface area contributed by atoms with Gasteiger partial charge in [-0.3, -0.25) is 14.6 Å². The van der Waals surface area contributed by atoms with Crippen molar-refractivity contribution in [3.05, 3.63) is 29.7 Å². The summed E-state index contributed by atoms with van der Waals surface area (Å²) < 4.78 is 5.47. The Morgan fingerprint density at radius 3 is 2.66 bits per heavy atom. The van der Waals surface area contributed by atoms with Gasteiger partial charge in [0, 0.05) is 24.9 Å².